The summed E-state index contributed by atoms with van der Waals surface area (Å²) in [5, 5.41) is 3.95. The lowest BCUT2D eigenvalue weighted by Crippen LogP contribution is -2.38. The van der Waals surface area contributed by atoms with Crippen molar-refractivity contribution >= 4 is 33.6 Å². The van der Waals surface area contributed by atoms with Crippen LogP contribution in [0.1, 0.15) is 23.2 Å². The number of nitrogens with one attached hydrogen (secondary N) is 1. The Labute approximate surface area is 108 Å². The summed E-state index contributed by atoms with van der Waals surface area (Å²) in [4.78, 5) is 13.1. The lowest BCUT2D eigenvalue weighted by Gasteiger charge is -2.15. The van der Waals surface area contributed by atoms with Crippen LogP contribution in [0.2, 0.25) is 0 Å². The summed E-state index contributed by atoms with van der Waals surface area (Å²) in [5.74, 6) is 0.0434. The molecule has 0 bridgehead atoms. The molecule has 1 aromatic rings. The van der Waals surface area contributed by atoms with Crippen LogP contribution in [0.15, 0.2) is 29.2 Å². The average Bonchev–Trinajstić information content (AvgIpc) is 3.09. The highest BCUT2D eigenvalue weighted by molar-refractivity contribution is 9.09. The Kier molecular flexibility index (Phi) is 3.60. The molecule has 1 saturated carbocycles. The van der Waals surface area contributed by atoms with E-state index in [0.29, 0.717) is 0 Å². The molecule has 1 amide bonds. The Morgan fingerprint density at radius 2 is 2.19 bits per heavy atom. The van der Waals surface area contributed by atoms with Crippen molar-refractivity contribution in [1.82, 2.24) is 5.32 Å². The van der Waals surface area contributed by atoms with Gasteiger partial charge in [0.15, 0.2) is 0 Å². The molecule has 0 spiro atoms. The van der Waals surface area contributed by atoms with Crippen LogP contribution in [0.25, 0.3) is 0 Å². The van der Waals surface area contributed by atoms with Gasteiger partial charge in [-0.25, -0.2) is 0 Å². The summed E-state index contributed by atoms with van der Waals surface area (Å²) >= 11 is 5.06. The van der Waals surface area contributed by atoms with Crippen LogP contribution in [0.3, 0.4) is 0 Å². The van der Waals surface area contributed by atoms with E-state index in [0.717, 1.165) is 28.6 Å². The first-order valence-electron chi connectivity index (χ1n) is 5.22. The predicted molar refractivity (Wildman–Crippen MR) is 71.4 cm³/mol. The normalized spacial score (nSPS) is 16.9. The Balaban J connectivity index is 2.14. The van der Waals surface area contributed by atoms with Gasteiger partial charge in [0.05, 0.1) is 11.1 Å². The molecule has 2 rings (SSSR count). The zero-order valence-electron chi connectivity index (χ0n) is 9.13. The maximum absolute atomic E-state index is 12.1. The number of hydrogen-bond acceptors (Lipinski definition) is 2. The minimum atomic E-state index is 0.0165. The quantitative estimate of drug-likeness (QED) is 0.684. The molecule has 4 heteroatoms. The maximum atomic E-state index is 12.1. The molecule has 0 heterocycles. The second-order valence-electron chi connectivity index (χ2n) is 4.07. The number of carbonyl (C=O) groups is 1. The molecule has 86 valence electrons. The van der Waals surface area contributed by atoms with Gasteiger partial charge >= 0.3 is 0 Å². The van der Waals surface area contributed by atoms with Crippen LogP contribution < -0.4 is 5.32 Å². The second kappa shape index (κ2) is 4.80. The molecular formula is C12H14BrNOS. The van der Waals surface area contributed by atoms with Gasteiger partial charge in [-0.3, -0.25) is 4.79 Å². The highest BCUT2D eigenvalue weighted by Crippen LogP contribution is 2.37. The largest absolute Gasteiger partial charge is 0.346 e. The first kappa shape index (κ1) is 12.0. The van der Waals surface area contributed by atoms with E-state index < -0.39 is 0 Å². The fourth-order valence-electron chi connectivity index (χ4n) is 1.58. The molecule has 0 aromatic heterocycles. The van der Waals surface area contributed by atoms with Crippen LogP contribution in [-0.4, -0.2) is 23.0 Å². The lowest BCUT2D eigenvalue weighted by atomic mass is 10.2. The highest BCUT2D eigenvalue weighted by atomic mass is 79.9. The van der Waals surface area contributed by atoms with E-state index in [-0.39, 0.29) is 11.4 Å². The van der Waals surface area contributed by atoms with Gasteiger partial charge in [-0.1, -0.05) is 28.1 Å². The van der Waals surface area contributed by atoms with E-state index in [9.17, 15) is 4.79 Å². The van der Waals surface area contributed by atoms with Crippen molar-refractivity contribution in [1.29, 1.82) is 0 Å². The highest BCUT2D eigenvalue weighted by Gasteiger charge is 2.43. The van der Waals surface area contributed by atoms with Crippen LogP contribution in [-0.2, 0) is 0 Å². The number of hydrogen-bond donors (Lipinski definition) is 1. The molecule has 1 aliphatic rings. The van der Waals surface area contributed by atoms with Crippen LogP contribution in [0, 0.1) is 0 Å². The zero-order valence-corrected chi connectivity index (χ0v) is 11.5. The van der Waals surface area contributed by atoms with Crippen molar-refractivity contribution in [2.24, 2.45) is 0 Å². The number of amides is 1. The molecule has 1 fully saturated rings. The fourth-order valence-corrected chi connectivity index (χ4v) is 2.88. The molecule has 0 atom stereocenters. The monoisotopic (exact) mass is 299 g/mol. The van der Waals surface area contributed by atoms with E-state index in [4.69, 9.17) is 0 Å². The van der Waals surface area contributed by atoms with E-state index >= 15 is 0 Å². The van der Waals surface area contributed by atoms with Gasteiger partial charge in [0.2, 0.25) is 0 Å². The van der Waals surface area contributed by atoms with Gasteiger partial charge in [0, 0.05) is 10.2 Å². The average molecular weight is 300 g/mol. The molecule has 0 radical (unpaired) electrons. The number of thioether (sulfide) groups is 1. The molecule has 2 nitrogen and oxygen atoms in total. The zero-order chi connectivity index (χ0) is 11.6. The topological polar surface area (TPSA) is 29.1 Å². The van der Waals surface area contributed by atoms with E-state index in [1.165, 1.54) is 0 Å². The van der Waals surface area contributed by atoms with Crippen LogP contribution in [0.4, 0.5) is 0 Å². The number of halogens is 1. The predicted octanol–water partition coefficient (Wildman–Crippen LogP) is 3.07. The van der Waals surface area contributed by atoms with Crippen molar-refractivity contribution in [3.8, 4) is 0 Å². The summed E-state index contributed by atoms with van der Waals surface area (Å²) < 4.78 is 0. The Hall–Kier alpha value is -0.480. The SMILES string of the molecule is CSc1ccccc1C(=O)NC1(CBr)CC1. The molecule has 16 heavy (non-hydrogen) atoms. The van der Waals surface area contributed by atoms with Crippen LogP contribution in [0.5, 0.6) is 0 Å². The lowest BCUT2D eigenvalue weighted by molar-refractivity contribution is 0.0933. The summed E-state index contributed by atoms with van der Waals surface area (Å²) in [6.45, 7) is 0. The third-order valence-electron chi connectivity index (χ3n) is 2.84. The van der Waals surface area contributed by atoms with Gasteiger partial charge in [-0.15, -0.1) is 11.8 Å². The molecule has 0 saturated heterocycles. The Morgan fingerprint density at radius 3 is 2.75 bits per heavy atom. The van der Waals surface area contributed by atoms with E-state index in [2.05, 4.69) is 21.2 Å². The van der Waals surface area contributed by atoms with E-state index in [1.807, 2.05) is 30.5 Å². The van der Waals surface area contributed by atoms with Gasteiger partial charge in [-0.2, -0.15) is 0 Å². The molecule has 0 aliphatic heterocycles. The summed E-state index contributed by atoms with van der Waals surface area (Å²) in [7, 11) is 0. The van der Waals surface area contributed by atoms with Gasteiger partial charge in [-0.05, 0) is 31.2 Å². The van der Waals surface area contributed by atoms with Crippen molar-refractivity contribution < 1.29 is 4.79 Å². The van der Waals surface area contributed by atoms with Gasteiger partial charge in [0.25, 0.3) is 5.91 Å². The first-order valence-corrected chi connectivity index (χ1v) is 7.57. The standard InChI is InChI=1S/C12H14BrNOS/c1-16-10-5-3-2-4-9(10)11(15)14-12(8-13)6-7-12/h2-5H,6-8H2,1H3,(H,14,15). The number of carbonyl (C=O) groups excluding carboxylic acids is 1. The fraction of sp³-hybridized carbons (Fsp3) is 0.417. The van der Waals surface area contributed by atoms with Gasteiger partial charge < -0.3 is 5.32 Å². The summed E-state index contributed by atoms with van der Waals surface area (Å²) in [5.41, 5.74) is 0.796. The molecule has 1 aromatic carbocycles. The Bertz CT molecular complexity index is 404. The van der Waals surface area contributed by atoms with Crippen molar-refractivity contribution in [2.75, 3.05) is 11.6 Å². The molecule has 1 N–H and O–H groups in total. The molecule has 0 unspecified atom stereocenters. The number of rotatable bonds is 4. The maximum Gasteiger partial charge on any atom is 0.252 e. The Morgan fingerprint density at radius 1 is 1.50 bits per heavy atom. The van der Waals surface area contributed by atoms with Crippen molar-refractivity contribution in [3.05, 3.63) is 29.8 Å². The van der Waals surface area contributed by atoms with E-state index in [1.54, 1.807) is 11.8 Å². The smallest absolute Gasteiger partial charge is 0.252 e. The second-order valence-corrected chi connectivity index (χ2v) is 5.48. The van der Waals surface area contributed by atoms with Crippen molar-refractivity contribution in [3.63, 3.8) is 0 Å². The summed E-state index contributed by atoms with van der Waals surface area (Å²) in [6, 6.07) is 7.72. The van der Waals surface area contributed by atoms with Crippen molar-refractivity contribution in [2.45, 2.75) is 23.3 Å². The molecular weight excluding hydrogens is 286 g/mol. The minimum Gasteiger partial charge on any atom is -0.346 e. The third-order valence-corrected chi connectivity index (χ3v) is 4.71. The minimum absolute atomic E-state index is 0.0165. The number of alkyl halides is 1. The summed E-state index contributed by atoms with van der Waals surface area (Å²) in [6.07, 6.45) is 4.14. The molecule has 1 aliphatic carbocycles. The van der Waals surface area contributed by atoms with Gasteiger partial charge in [0.1, 0.15) is 0 Å². The van der Waals surface area contributed by atoms with Crippen LogP contribution >= 0.6 is 27.7 Å². The first-order chi connectivity index (χ1) is 7.71. The number of benzene rings is 1. The third kappa shape index (κ3) is 2.43.